The lowest BCUT2D eigenvalue weighted by atomic mass is 10.0. The minimum absolute atomic E-state index is 0.0161. The highest BCUT2D eigenvalue weighted by atomic mass is 32.2. The smallest absolute Gasteiger partial charge is 0.209 e. The lowest BCUT2D eigenvalue weighted by Gasteiger charge is -2.13. The quantitative estimate of drug-likeness (QED) is 0.773. The van der Waals surface area contributed by atoms with E-state index in [1.807, 2.05) is 24.3 Å². The average Bonchev–Trinajstić information content (AvgIpc) is 2.27. The number of hydrogen-bond acceptors (Lipinski definition) is 3. The minimum atomic E-state index is -3.35. The number of nitrogens with two attached hydrogens (primary N) is 1. The van der Waals surface area contributed by atoms with Gasteiger partial charge in [0.05, 0.1) is 12.4 Å². The van der Waals surface area contributed by atoms with E-state index in [0.29, 0.717) is 25.4 Å². The van der Waals surface area contributed by atoms with Gasteiger partial charge in [-0.2, -0.15) is 0 Å². The Morgan fingerprint density at radius 2 is 1.89 bits per heavy atom. The maximum Gasteiger partial charge on any atom is 0.209 e. The first-order valence-electron chi connectivity index (χ1n) is 6.12. The summed E-state index contributed by atoms with van der Waals surface area (Å²) in [4.78, 5) is 0. The van der Waals surface area contributed by atoms with Crippen molar-refractivity contribution in [2.75, 3.05) is 12.4 Å². The first-order chi connectivity index (χ1) is 8.40. The molecule has 0 aliphatic rings. The van der Waals surface area contributed by atoms with Crippen LogP contribution >= 0.6 is 0 Å². The second-order valence-corrected chi connectivity index (χ2v) is 6.35. The molecule has 0 heterocycles. The van der Waals surface area contributed by atoms with Crippen LogP contribution in [-0.4, -0.2) is 20.8 Å². The molecule has 4 nitrogen and oxygen atoms in total. The number of rotatable bonds is 7. The summed E-state index contributed by atoms with van der Waals surface area (Å²) in [6, 6.07) is 7.91. The number of ether oxygens (including phenoxy) is 1. The number of unbranched alkanes of at least 4 members (excludes halogenated alkanes) is 1. The Morgan fingerprint density at radius 3 is 2.50 bits per heavy atom. The molecule has 18 heavy (non-hydrogen) atoms. The molecule has 0 saturated heterocycles. The van der Waals surface area contributed by atoms with Crippen LogP contribution in [0.5, 0.6) is 5.75 Å². The van der Waals surface area contributed by atoms with Crippen LogP contribution in [0.1, 0.15) is 38.2 Å². The van der Waals surface area contributed by atoms with Gasteiger partial charge in [0.15, 0.2) is 0 Å². The van der Waals surface area contributed by atoms with E-state index in [2.05, 4.69) is 13.8 Å². The van der Waals surface area contributed by atoms with Gasteiger partial charge in [0.2, 0.25) is 10.0 Å². The summed E-state index contributed by atoms with van der Waals surface area (Å²) in [6.07, 6.45) is 1.21. The lowest BCUT2D eigenvalue weighted by Crippen LogP contribution is -2.16. The van der Waals surface area contributed by atoms with E-state index in [9.17, 15) is 8.42 Å². The summed E-state index contributed by atoms with van der Waals surface area (Å²) in [5.74, 6) is 1.30. The summed E-state index contributed by atoms with van der Waals surface area (Å²) < 4.78 is 27.2. The molecule has 1 aromatic rings. The van der Waals surface area contributed by atoms with Crippen molar-refractivity contribution in [1.82, 2.24) is 0 Å². The van der Waals surface area contributed by atoms with Gasteiger partial charge < -0.3 is 4.74 Å². The molecule has 1 aromatic carbocycles. The topological polar surface area (TPSA) is 69.4 Å². The van der Waals surface area contributed by atoms with E-state index >= 15 is 0 Å². The summed E-state index contributed by atoms with van der Waals surface area (Å²) in [6.45, 7) is 4.74. The van der Waals surface area contributed by atoms with E-state index in [1.165, 1.54) is 5.56 Å². The molecule has 0 aliphatic heterocycles. The molecule has 0 atom stereocenters. The average molecular weight is 271 g/mol. The van der Waals surface area contributed by atoms with Crippen molar-refractivity contribution in [3.05, 3.63) is 29.8 Å². The molecule has 0 aromatic heterocycles. The van der Waals surface area contributed by atoms with E-state index in [4.69, 9.17) is 9.88 Å². The van der Waals surface area contributed by atoms with Crippen molar-refractivity contribution in [3.8, 4) is 5.75 Å². The fourth-order valence-corrected chi connectivity index (χ4v) is 2.28. The van der Waals surface area contributed by atoms with Crippen molar-refractivity contribution >= 4 is 10.0 Å². The molecule has 0 amide bonds. The van der Waals surface area contributed by atoms with Gasteiger partial charge in [-0.1, -0.05) is 32.0 Å². The van der Waals surface area contributed by atoms with Crippen LogP contribution in [0, 0.1) is 0 Å². The van der Waals surface area contributed by atoms with Crippen molar-refractivity contribution < 1.29 is 13.2 Å². The highest BCUT2D eigenvalue weighted by Crippen LogP contribution is 2.25. The Labute approximate surface area is 109 Å². The largest absolute Gasteiger partial charge is 0.493 e. The predicted molar refractivity (Wildman–Crippen MR) is 73.2 cm³/mol. The lowest BCUT2D eigenvalue weighted by molar-refractivity contribution is 0.305. The van der Waals surface area contributed by atoms with Gasteiger partial charge in [-0.3, -0.25) is 0 Å². The molecule has 0 fully saturated rings. The molecule has 0 bridgehead atoms. The first-order valence-corrected chi connectivity index (χ1v) is 7.84. The van der Waals surface area contributed by atoms with Crippen molar-refractivity contribution in [2.24, 2.45) is 5.14 Å². The zero-order valence-corrected chi connectivity index (χ0v) is 11.7. The highest BCUT2D eigenvalue weighted by Gasteiger charge is 2.07. The maximum atomic E-state index is 10.7. The summed E-state index contributed by atoms with van der Waals surface area (Å²) in [5, 5.41) is 4.92. The van der Waals surface area contributed by atoms with Crippen LogP contribution in [-0.2, 0) is 10.0 Å². The Hall–Kier alpha value is -1.07. The molecule has 102 valence electrons. The first kappa shape index (κ1) is 15.0. The van der Waals surface area contributed by atoms with Gasteiger partial charge in [-0.15, -0.1) is 0 Å². The van der Waals surface area contributed by atoms with Crippen molar-refractivity contribution in [1.29, 1.82) is 0 Å². The Kier molecular flexibility index (Phi) is 5.62. The summed E-state index contributed by atoms with van der Waals surface area (Å²) in [5.41, 5.74) is 1.17. The highest BCUT2D eigenvalue weighted by molar-refractivity contribution is 7.89. The molecule has 0 unspecified atom stereocenters. The van der Waals surface area contributed by atoms with Crippen LogP contribution in [0.15, 0.2) is 24.3 Å². The van der Waals surface area contributed by atoms with Gasteiger partial charge in [0, 0.05) is 0 Å². The van der Waals surface area contributed by atoms with Crippen LogP contribution in [0.25, 0.3) is 0 Å². The molecule has 5 heteroatoms. The van der Waals surface area contributed by atoms with Crippen LogP contribution in [0.2, 0.25) is 0 Å². The third-order valence-corrected chi connectivity index (χ3v) is 3.48. The number of sulfonamides is 1. The van der Waals surface area contributed by atoms with Gasteiger partial charge in [-0.05, 0) is 30.4 Å². The number of primary sulfonamides is 1. The van der Waals surface area contributed by atoms with Gasteiger partial charge >= 0.3 is 0 Å². The third-order valence-electron chi connectivity index (χ3n) is 2.62. The molecular weight excluding hydrogens is 250 g/mol. The normalized spacial score (nSPS) is 11.8. The van der Waals surface area contributed by atoms with E-state index in [-0.39, 0.29) is 5.75 Å². The van der Waals surface area contributed by atoms with E-state index in [0.717, 1.165) is 5.75 Å². The number of benzene rings is 1. The summed E-state index contributed by atoms with van der Waals surface area (Å²) in [7, 11) is -3.35. The van der Waals surface area contributed by atoms with Crippen LogP contribution < -0.4 is 9.88 Å². The van der Waals surface area contributed by atoms with E-state index in [1.54, 1.807) is 0 Å². The third kappa shape index (κ3) is 5.51. The zero-order chi connectivity index (χ0) is 13.6. The Bertz CT molecular complexity index is 469. The number of hydrogen-bond donors (Lipinski definition) is 1. The fourth-order valence-electron chi connectivity index (χ4n) is 1.68. The number of para-hydroxylation sites is 1. The zero-order valence-electron chi connectivity index (χ0n) is 10.9. The fraction of sp³-hybridized carbons (Fsp3) is 0.538. The second-order valence-electron chi connectivity index (χ2n) is 4.62. The van der Waals surface area contributed by atoms with Crippen LogP contribution in [0.4, 0.5) is 0 Å². The maximum absolute atomic E-state index is 10.7. The molecule has 0 aliphatic carbocycles. The Morgan fingerprint density at radius 1 is 1.22 bits per heavy atom. The molecule has 2 N–H and O–H groups in total. The molecule has 0 radical (unpaired) electrons. The van der Waals surface area contributed by atoms with Crippen LogP contribution in [0.3, 0.4) is 0 Å². The monoisotopic (exact) mass is 271 g/mol. The van der Waals surface area contributed by atoms with Gasteiger partial charge in [0.1, 0.15) is 5.75 Å². The second kappa shape index (κ2) is 6.75. The Balaban J connectivity index is 2.40. The predicted octanol–water partition coefficient (Wildman–Crippen LogP) is 2.26. The minimum Gasteiger partial charge on any atom is -0.493 e. The standard InChI is InChI=1S/C13H21NO3S/c1-11(2)12-7-3-4-8-13(12)17-9-5-6-10-18(14,15)16/h3-4,7-8,11H,5-6,9-10H2,1-2H3,(H2,14,15,16). The molecule has 1 rings (SSSR count). The summed E-state index contributed by atoms with van der Waals surface area (Å²) >= 11 is 0. The SMILES string of the molecule is CC(C)c1ccccc1OCCCCS(N)(=O)=O. The molecule has 0 spiro atoms. The van der Waals surface area contributed by atoms with Gasteiger partial charge in [-0.25, -0.2) is 13.6 Å². The molecular formula is C13H21NO3S. The van der Waals surface area contributed by atoms with E-state index < -0.39 is 10.0 Å². The van der Waals surface area contributed by atoms with Crippen molar-refractivity contribution in [3.63, 3.8) is 0 Å². The molecule has 0 saturated carbocycles. The van der Waals surface area contributed by atoms with Crippen molar-refractivity contribution in [2.45, 2.75) is 32.6 Å². The van der Waals surface area contributed by atoms with Gasteiger partial charge in [0.25, 0.3) is 0 Å².